The smallest absolute Gasteiger partial charge is 0.354 e. The van der Waals surface area contributed by atoms with Gasteiger partial charge in [-0.3, -0.25) is 0 Å². The Hall–Kier alpha value is -0.910. The molecule has 0 fully saturated rings. The van der Waals surface area contributed by atoms with Gasteiger partial charge in [0.2, 0.25) is 0 Å². The lowest BCUT2D eigenvalue weighted by Crippen LogP contribution is -2.47. The lowest BCUT2D eigenvalue weighted by Gasteiger charge is -2.29. The van der Waals surface area contributed by atoms with Crippen LogP contribution in [-0.2, 0) is 14.3 Å². The Kier molecular flexibility index (Phi) is 7.03. The summed E-state index contributed by atoms with van der Waals surface area (Å²) in [6.45, 7) is 8.35. The molecule has 0 saturated heterocycles. The first-order chi connectivity index (χ1) is 7.83. The van der Waals surface area contributed by atoms with E-state index in [1.807, 2.05) is 6.92 Å². The van der Waals surface area contributed by atoms with E-state index in [0.29, 0.717) is 0 Å². The van der Waals surface area contributed by atoms with Gasteiger partial charge in [0.1, 0.15) is 6.10 Å². The maximum Gasteiger partial charge on any atom is 0.354 e. The average molecular weight is 246 g/mol. The third kappa shape index (κ3) is 5.81. The van der Waals surface area contributed by atoms with Crippen LogP contribution >= 0.6 is 0 Å². The molecule has 0 aliphatic carbocycles. The second kappa shape index (κ2) is 7.42. The molecule has 0 aromatic heterocycles. The van der Waals surface area contributed by atoms with Crippen molar-refractivity contribution >= 4 is 5.97 Å². The molecule has 0 aromatic rings. The molecule has 0 spiro atoms. The van der Waals surface area contributed by atoms with Crippen LogP contribution in [0.15, 0.2) is 12.2 Å². The van der Waals surface area contributed by atoms with Crippen LogP contribution in [0.5, 0.6) is 0 Å². The van der Waals surface area contributed by atoms with Crippen LogP contribution in [0.4, 0.5) is 0 Å². The van der Waals surface area contributed by atoms with Gasteiger partial charge >= 0.3 is 11.9 Å². The molecule has 2 N–H and O–H groups in total. The van der Waals surface area contributed by atoms with Crippen molar-refractivity contribution in [2.24, 2.45) is 0 Å². The summed E-state index contributed by atoms with van der Waals surface area (Å²) >= 11 is 0. The van der Waals surface area contributed by atoms with Crippen molar-refractivity contribution in [1.82, 2.24) is 0 Å². The molecule has 17 heavy (non-hydrogen) atoms. The Morgan fingerprint density at radius 1 is 1.47 bits per heavy atom. The minimum atomic E-state index is -2.30. The summed E-state index contributed by atoms with van der Waals surface area (Å²) in [5, 5.41) is 19.2. The van der Waals surface area contributed by atoms with Crippen LogP contribution in [-0.4, -0.2) is 34.9 Å². The monoisotopic (exact) mass is 246 g/mol. The highest BCUT2D eigenvalue weighted by molar-refractivity contribution is 5.87. The average Bonchev–Trinajstić information content (AvgIpc) is 2.24. The van der Waals surface area contributed by atoms with Crippen molar-refractivity contribution in [2.45, 2.75) is 52.1 Å². The standard InChI is InChI=1S/C12H22O5/c1-5-6-7-8-16-12(15,10(4)13)17-11(14)9(2)3/h10,13,15H,2,5-8H2,1,3-4H3. The lowest BCUT2D eigenvalue weighted by atomic mass is 10.2. The second-order valence-corrected chi connectivity index (χ2v) is 4.03. The van der Waals surface area contributed by atoms with Crippen LogP contribution in [0.25, 0.3) is 0 Å². The molecule has 0 heterocycles. The van der Waals surface area contributed by atoms with E-state index in [9.17, 15) is 15.0 Å². The number of esters is 1. The molecule has 0 aromatic carbocycles. The van der Waals surface area contributed by atoms with E-state index in [1.54, 1.807) is 0 Å². The molecule has 100 valence electrons. The van der Waals surface area contributed by atoms with Gasteiger partial charge in [-0.05, 0) is 20.3 Å². The molecule has 0 rings (SSSR count). The van der Waals surface area contributed by atoms with Crippen LogP contribution in [0.2, 0.25) is 0 Å². The molecule has 5 heteroatoms. The molecule has 0 aliphatic rings. The normalized spacial score (nSPS) is 16.1. The van der Waals surface area contributed by atoms with E-state index in [0.717, 1.165) is 19.3 Å². The number of aliphatic hydroxyl groups excluding tert-OH is 1. The highest BCUT2D eigenvalue weighted by atomic mass is 16.8. The van der Waals surface area contributed by atoms with Crippen molar-refractivity contribution in [3.63, 3.8) is 0 Å². The fraction of sp³-hybridized carbons (Fsp3) is 0.750. The Balaban J connectivity index is 4.36. The van der Waals surface area contributed by atoms with E-state index in [4.69, 9.17) is 4.74 Å². The predicted octanol–water partition coefficient (Wildman–Crippen LogP) is 1.34. The van der Waals surface area contributed by atoms with Crippen molar-refractivity contribution in [1.29, 1.82) is 0 Å². The first kappa shape index (κ1) is 16.1. The number of unbranched alkanes of at least 4 members (excludes halogenated alkanes) is 2. The molecule has 2 atom stereocenters. The number of hydrogen-bond acceptors (Lipinski definition) is 5. The van der Waals surface area contributed by atoms with Gasteiger partial charge in [-0.1, -0.05) is 26.3 Å². The minimum Gasteiger partial charge on any atom is -0.402 e. The molecule has 5 nitrogen and oxygen atoms in total. The van der Waals surface area contributed by atoms with E-state index in [1.165, 1.54) is 13.8 Å². The number of ether oxygens (including phenoxy) is 2. The summed E-state index contributed by atoms with van der Waals surface area (Å²) < 4.78 is 9.72. The molecular formula is C12H22O5. The van der Waals surface area contributed by atoms with Gasteiger partial charge in [0, 0.05) is 5.57 Å². The SMILES string of the molecule is C=C(C)C(=O)OC(O)(OCCCCC)C(C)O. The number of rotatable bonds is 8. The first-order valence-corrected chi connectivity index (χ1v) is 5.76. The zero-order valence-electron chi connectivity index (χ0n) is 10.7. The zero-order chi connectivity index (χ0) is 13.5. The van der Waals surface area contributed by atoms with Crippen molar-refractivity contribution in [2.75, 3.05) is 6.61 Å². The Morgan fingerprint density at radius 2 is 2.06 bits per heavy atom. The number of hydrogen-bond donors (Lipinski definition) is 2. The highest BCUT2D eigenvalue weighted by Gasteiger charge is 2.38. The van der Waals surface area contributed by atoms with Gasteiger partial charge in [0.15, 0.2) is 0 Å². The summed E-state index contributed by atoms with van der Waals surface area (Å²) in [4.78, 5) is 11.3. The molecular weight excluding hydrogens is 224 g/mol. The summed E-state index contributed by atoms with van der Waals surface area (Å²) in [5.41, 5.74) is 0.126. The number of carbonyl (C=O) groups excluding carboxylic acids is 1. The predicted molar refractivity (Wildman–Crippen MR) is 63.0 cm³/mol. The summed E-state index contributed by atoms with van der Waals surface area (Å²) in [6, 6.07) is 0. The third-order valence-electron chi connectivity index (χ3n) is 2.17. The largest absolute Gasteiger partial charge is 0.402 e. The fourth-order valence-corrected chi connectivity index (χ4v) is 1.03. The molecule has 0 amide bonds. The zero-order valence-corrected chi connectivity index (χ0v) is 10.7. The van der Waals surface area contributed by atoms with Crippen molar-refractivity contribution in [3.05, 3.63) is 12.2 Å². The van der Waals surface area contributed by atoms with E-state index in [-0.39, 0.29) is 12.2 Å². The third-order valence-corrected chi connectivity index (χ3v) is 2.17. The minimum absolute atomic E-state index is 0.126. The van der Waals surface area contributed by atoms with E-state index < -0.39 is 18.0 Å². The van der Waals surface area contributed by atoms with Gasteiger partial charge < -0.3 is 19.7 Å². The Labute approximate surface area is 102 Å². The van der Waals surface area contributed by atoms with Crippen molar-refractivity contribution in [3.8, 4) is 0 Å². The molecule has 0 radical (unpaired) electrons. The molecule has 0 aliphatic heterocycles. The summed E-state index contributed by atoms with van der Waals surface area (Å²) in [7, 11) is 0. The Morgan fingerprint density at radius 3 is 2.47 bits per heavy atom. The number of aliphatic hydroxyl groups is 2. The maximum absolute atomic E-state index is 11.3. The summed E-state index contributed by atoms with van der Waals surface area (Å²) in [5.74, 6) is -3.10. The van der Waals surface area contributed by atoms with E-state index in [2.05, 4.69) is 11.3 Å². The molecule has 2 unspecified atom stereocenters. The topological polar surface area (TPSA) is 76.0 Å². The summed E-state index contributed by atoms with van der Waals surface area (Å²) in [6.07, 6.45) is 1.31. The lowest BCUT2D eigenvalue weighted by molar-refractivity contribution is -0.374. The van der Waals surface area contributed by atoms with Crippen LogP contribution < -0.4 is 0 Å². The van der Waals surface area contributed by atoms with Gasteiger partial charge in [0.25, 0.3) is 0 Å². The highest BCUT2D eigenvalue weighted by Crippen LogP contribution is 2.17. The van der Waals surface area contributed by atoms with Crippen LogP contribution in [0, 0.1) is 0 Å². The first-order valence-electron chi connectivity index (χ1n) is 5.76. The van der Waals surface area contributed by atoms with Gasteiger partial charge in [-0.15, -0.1) is 0 Å². The molecule has 0 saturated carbocycles. The van der Waals surface area contributed by atoms with Crippen LogP contribution in [0.3, 0.4) is 0 Å². The van der Waals surface area contributed by atoms with Crippen LogP contribution in [0.1, 0.15) is 40.0 Å². The van der Waals surface area contributed by atoms with Crippen molar-refractivity contribution < 1.29 is 24.5 Å². The van der Waals surface area contributed by atoms with Gasteiger partial charge in [0.05, 0.1) is 6.61 Å². The second-order valence-electron chi connectivity index (χ2n) is 4.03. The van der Waals surface area contributed by atoms with Gasteiger partial charge in [-0.2, -0.15) is 0 Å². The molecule has 0 bridgehead atoms. The number of carbonyl (C=O) groups is 1. The van der Waals surface area contributed by atoms with Gasteiger partial charge in [-0.25, -0.2) is 4.79 Å². The van der Waals surface area contributed by atoms with E-state index >= 15 is 0 Å². The maximum atomic E-state index is 11.3. The Bertz CT molecular complexity index is 262. The quantitative estimate of drug-likeness (QED) is 0.292. The fourth-order valence-electron chi connectivity index (χ4n) is 1.03.